The molecule has 0 radical (unpaired) electrons. The number of halogens is 1. The van der Waals surface area contributed by atoms with Crippen LogP contribution in [-0.4, -0.2) is 41.9 Å². The van der Waals surface area contributed by atoms with Gasteiger partial charge in [0.2, 0.25) is 0 Å². The molecule has 0 saturated heterocycles. The molecule has 6 nitrogen and oxygen atoms in total. The van der Waals surface area contributed by atoms with E-state index >= 15 is 0 Å². The van der Waals surface area contributed by atoms with Crippen molar-refractivity contribution in [3.05, 3.63) is 64.7 Å². The van der Waals surface area contributed by atoms with Gasteiger partial charge in [-0.15, -0.1) is 0 Å². The standard InChI is InChI=1S/C19H16ClNO5/c1-12(26-14-8-6-13(20)7-9-14)19(24)25-11-10-21-17(22)15-4-2-3-5-16(15)18(21)23/h2-9,12H,10-11H2,1H3/t12-/m1/s1. The average molecular weight is 374 g/mol. The minimum absolute atomic E-state index is 0.00818. The highest BCUT2D eigenvalue weighted by atomic mass is 35.5. The van der Waals surface area contributed by atoms with Crippen LogP contribution in [0.15, 0.2) is 48.5 Å². The van der Waals surface area contributed by atoms with Gasteiger partial charge in [0.1, 0.15) is 12.4 Å². The van der Waals surface area contributed by atoms with E-state index in [9.17, 15) is 14.4 Å². The molecule has 3 rings (SSSR count). The Labute approximate surface area is 155 Å². The topological polar surface area (TPSA) is 72.9 Å². The first-order valence-corrected chi connectivity index (χ1v) is 8.39. The second kappa shape index (κ2) is 7.58. The zero-order chi connectivity index (χ0) is 18.7. The van der Waals surface area contributed by atoms with Crippen molar-refractivity contribution in [2.75, 3.05) is 13.2 Å². The minimum atomic E-state index is -0.835. The fraction of sp³-hybridized carbons (Fsp3) is 0.211. The van der Waals surface area contributed by atoms with Gasteiger partial charge in [-0.05, 0) is 43.3 Å². The van der Waals surface area contributed by atoms with Crippen molar-refractivity contribution in [1.82, 2.24) is 4.90 Å². The predicted molar refractivity (Wildman–Crippen MR) is 94.3 cm³/mol. The van der Waals surface area contributed by atoms with E-state index in [1.165, 1.54) is 0 Å². The van der Waals surface area contributed by atoms with Crippen molar-refractivity contribution in [2.24, 2.45) is 0 Å². The number of hydrogen-bond donors (Lipinski definition) is 0. The lowest BCUT2D eigenvalue weighted by Gasteiger charge is -2.16. The van der Waals surface area contributed by atoms with Crippen LogP contribution < -0.4 is 4.74 Å². The van der Waals surface area contributed by atoms with Crippen molar-refractivity contribution >= 4 is 29.4 Å². The molecule has 7 heteroatoms. The number of nitrogens with zero attached hydrogens (tertiary/aromatic N) is 1. The highest BCUT2D eigenvalue weighted by molar-refractivity contribution is 6.30. The van der Waals surface area contributed by atoms with Crippen molar-refractivity contribution in [3.8, 4) is 5.75 Å². The third-order valence-corrected chi connectivity index (χ3v) is 4.15. The van der Waals surface area contributed by atoms with Crippen LogP contribution >= 0.6 is 11.6 Å². The molecule has 26 heavy (non-hydrogen) atoms. The largest absolute Gasteiger partial charge is 0.479 e. The summed E-state index contributed by atoms with van der Waals surface area (Å²) in [6.45, 7) is 1.45. The number of hydrogen-bond acceptors (Lipinski definition) is 5. The smallest absolute Gasteiger partial charge is 0.347 e. The zero-order valence-electron chi connectivity index (χ0n) is 14.0. The molecule has 0 bridgehead atoms. The monoisotopic (exact) mass is 373 g/mol. The third-order valence-electron chi connectivity index (χ3n) is 3.90. The first-order chi connectivity index (χ1) is 12.5. The Balaban J connectivity index is 1.50. The number of fused-ring (bicyclic) bond motifs is 1. The van der Waals surface area contributed by atoms with Gasteiger partial charge in [-0.1, -0.05) is 23.7 Å². The lowest BCUT2D eigenvalue weighted by Crippen LogP contribution is -2.35. The molecular formula is C19H16ClNO5. The highest BCUT2D eigenvalue weighted by Crippen LogP contribution is 2.22. The van der Waals surface area contributed by atoms with Gasteiger partial charge in [-0.2, -0.15) is 0 Å². The molecule has 1 aliphatic heterocycles. The van der Waals surface area contributed by atoms with Gasteiger partial charge in [0.15, 0.2) is 6.10 Å². The van der Waals surface area contributed by atoms with E-state index in [0.717, 1.165) is 4.90 Å². The van der Waals surface area contributed by atoms with E-state index in [4.69, 9.17) is 21.1 Å². The lowest BCUT2D eigenvalue weighted by molar-refractivity contribution is -0.151. The van der Waals surface area contributed by atoms with Crippen LogP contribution in [0.5, 0.6) is 5.75 Å². The van der Waals surface area contributed by atoms with E-state index in [1.807, 2.05) is 0 Å². The number of imide groups is 1. The summed E-state index contributed by atoms with van der Waals surface area (Å²) in [5.74, 6) is -0.866. The number of amides is 2. The lowest BCUT2D eigenvalue weighted by atomic mass is 10.1. The summed E-state index contributed by atoms with van der Waals surface area (Å²) >= 11 is 5.79. The molecule has 1 atom stereocenters. The molecule has 134 valence electrons. The van der Waals surface area contributed by atoms with E-state index in [1.54, 1.807) is 55.5 Å². The molecule has 0 saturated carbocycles. The average Bonchev–Trinajstić information content (AvgIpc) is 2.88. The molecular weight excluding hydrogens is 358 g/mol. The predicted octanol–water partition coefficient (Wildman–Crippen LogP) is 2.95. The van der Waals surface area contributed by atoms with Crippen LogP contribution in [0.2, 0.25) is 5.02 Å². The number of carbonyl (C=O) groups excluding carboxylic acids is 3. The fourth-order valence-corrected chi connectivity index (χ4v) is 2.69. The summed E-state index contributed by atoms with van der Waals surface area (Å²) in [6.07, 6.45) is -0.835. The summed E-state index contributed by atoms with van der Waals surface area (Å²) in [6, 6.07) is 13.2. The molecule has 0 fully saturated rings. The first-order valence-electron chi connectivity index (χ1n) is 8.01. The molecule has 0 aliphatic carbocycles. The Bertz CT molecular complexity index is 814. The molecule has 2 aromatic rings. The van der Waals surface area contributed by atoms with Crippen molar-refractivity contribution < 1.29 is 23.9 Å². The Hall–Kier alpha value is -2.86. The molecule has 1 aliphatic rings. The second-order valence-electron chi connectivity index (χ2n) is 5.69. The van der Waals surface area contributed by atoms with E-state index in [-0.39, 0.29) is 25.0 Å². The SMILES string of the molecule is C[C@@H](Oc1ccc(Cl)cc1)C(=O)OCCN1C(=O)c2ccccc2C1=O. The maximum atomic E-state index is 12.2. The Morgan fingerprint density at radius 1 is 1.04 bits per heavy atom. The summed E-state index contributed by atoms with van der Waals surface area (Å²) < 4.78 is 10.6. The minimum Gasteiger partial charge on any atom is -0.479 e. The van der Waals surface area contributed by atoms with Crippen molar-refractivity contribution in [2.45, 2.75) is 13.0 Å². The number of carbonyl (C=O) groups is 3. The fourth-order valence-electron chi connectivity index (χ4n) is 2.56. The van der Waals surface area contributed by atoms with E-state index < -0.39 is 12.1 Å². The number of esters is 1. The van der Waals surface area contributed by atoms with Gasteiger partial charge in [-0.25, -0.2) is 4.79 Å². The molecule has 0 aromatic heterocycles. The molecule has 0 N–H and O–H groups in total. The number of rotatable bonds is 6. The summed E-state index contributed by atoms with van der Waals surface area (Å²) in [5.41, 5.74) is 0.728. The maximum Gasteiger partial charge on any atom is 0.347 e. The van der Waals surface area contributed by atoms with Gasteiger partial charge in [0.05, 0.1) is 17.7 Å². The highest BCUT2D eigenvalue weighted by Gasteiger charge is 2.34. The van der Waals surface area contributed by atoms with E-state index in [2.05, 4.69) is 0 Å². The summed E-state index contributed by atoms with van der Waals surface area (Å²) in [4.78, 5) is 37.5. The van der Waals surface area contributed by atoms with Gasteiger partial charge >= 0.3 is 5.97 Å². The Kier molecular flexibility index (Phi) is 5.23. The second-order valence-corrected chi connectivity index (χ2v) is 6.13. The zero-order valence-corrected chi connectivity index (χ0v) is 14.7. The Morgan fingerprint density at radius 3 is 2.19 bits per heavy atom. The van der Waals surface area contributed by atoms with Crippen LogP contribution in [0.3, 0.4) is 0 Å². The van der Waals surface area contributed by atoms with Crippen LogP contribution in [0.25, 0.3) is 0 Å². The number of ether oxygens (including phenoxy) is 2. The third kappa shape index (κ3) is 3.70. The van der Waals surface area contributed by atoms with Crippen LogP contribution in [0, 0.1) is 0 Å². The summed E-state index contributed by atoms with van der Waals surface area (Å²) in [7, 11) is 0. The van der Waals surface area contributed by atoms with Crippen molar-refractivity contribution in [1.29, 1.82) is 0 Å². The molecule has 2 aromatic carbocycles. The normalized spacial score (nSPS) is 14.2. The van der Waals surface area contributed by atoms with Gasteiger partial charge < -0.3 is 9.47 Å². The van der Waals surface area contributed by atoms with Crippen molar-refractivity contribution in [3.63, 3.8) is 0 Å². The molecule has 2 amide bonds. The van der Waals surface area contributed by atoms with E-state index in [0.29, 0.717) is 21.9 Å². The van der Waals surface area contributed by atoms with Crippen LogP contribution in [0.1, 0.15) is 27.6 Å². The molecule has 0 spiro atoms. The van der Waals surface area contributed by atoms with Gasteiger partial charge in [-0.3, -0.25) is 14.5 Å². The molecule has 0 unspecified atom stereocenters. The van der Waals surface area contributed by atoms with Crippen LogP contribution in [0.4, 0.5) is 0 Å². The number of benzene rings is 2. The Morgan fingerprint density at radius 2 is 1.62 bits per heavy atom. The summed E-state index contributed by atoms with van der Waals surface area (Å²) in [5, 5.41) is 0.563. The maximum absolute atomic E-state index is 12.2. The first kappa shape index (κ1) is 17.9. The quantitative estimate of drug-likeness (QED) is 0.575. The molecule has 1 heterocycles. The van der Waals surface area contributed by atoms with Crippen LogP contribution in [-0.2, 0) is 9.53 Å². The van der Waals surface area contributed by atoms with Gasteiger partial charge in [0, 0.05) is 5.02 Å². The van der Waals surface area contributed by atoms with Gasteiger partial charge in [0.25, 0.3) is 11.8 Å².